The van der Waals surface area contributed by atoms with E-state index in [1.54, 1.807) is 12.1 Å². The van der Waals surface area contributed by atoms with Crippen molar-refractivity contribution in [2.75, 3.05) is 19.6 Å². The number of nitrogens with one attached hydrogen (secondary N) is 1. The van der Waals surface area contributed by atoms with E-state index in [4.69, 9.17) is 0 Å². The summed E-state index contributed by atoms with van der Waals surface area (Å²) in [5, 5.41) is 2.91. The van der Waals surface area contributed by atoms with Gasteiger partial charge in [0, 0.05) is 13.1 Å². The number of piperidine rings is 1. The van der Waals surface area contributed by atoms with Crippen LogP contribution in [0.25, 0.3) is 0 Å². The molecule has 0 bridgehead atoms. The van der Waals surface area contributed by atoms with Gasteiger partial charge in [0.15, 0.2) is 0 Å². The maximum atomic E-state index is 13.8. The molecule has 4 heteroatoms. The first kappa shape index (κ1) is 18.6. The van der Waals surface area contributed by atoms with E-state index in [1.165, 1.54) is 17.2 Å². The number of benzene rings is 2. The van der Waals surface area contributed by atoms with Crippen LogP contribution in [0.3, 0.4) is 0 Å². The number of likely N-dealkylation sites (tertiary alicyclic amines) is 1. The fourth-order valence-corrected chi connectivity index (χ4v) is 3.45. The van der Waals surface area contributed by atoms with Crippen LogP contribution in [-0.2, 0) is 6.54 Å². The minimum absolute atomic E-state index is 0.141. The van der Waals surface area contributed by atoms with Crippen LogP contribution < -0.4 is 5.32 Å². The standard InChI is InChI=1S/C22H27FN2O/c1-16-3-6-19(7-4-16)15-25-11-9-18(10-12-25)14-24-22(26)20-13-17(2)5-8-21(20)23/h3-8,13,18H,9-12,14-15H2,1-2H3,(H,24,26). The van der Waals surface area contributed by atoms with Gasteiger partial charge in [-0.05, 0) is 63.4 Å². The summed E-state index contributed by atoms with van der Waals surface area (Å²) in [7, 11) is 0. The van der Waals surface area contributed by atoms with Crippen molar-refractivity contribution in [3.05, 3.63) is 70.5 Å². The molecule has 0 aromatic heterocycles. The van der Waals surface area contributed by atoms with Gasteiger partial charge in [-0.3, -0.25) is 9.69 Å². The number of hydrogen-bond donors (Lipinski definition) is 1. The Morgan fingerprint density at radius 3 is 2.42 bits per heavy atom. The van der Waals surface area contributed by atoms with Crippen LogP contribution in [0, 0.1) is 25.6 Å². The van der Waals surface area contributed by atoms with Crippen molar-refractivity contribution in [1.29, 1.82) is 0 Å². The second-order valence-corrected chi connectivity index (χ2v) is 7.40. The third-order valence-electron chi connectivity index (χ3n) is 5.15. The molecule has 138 valence electrons. The summed E-state index contributed by atoms with van der Waals surface area (Å²) in [6, 6.07) is 13.3. The van der Waals surface area contributed by atoms with E-state index in [2.05, 4.69) is 41.4 Å². The predicted molar refractivity (Wildman–Crippen MR) is 103 cm³/mol. The van der Waals surface area contributed by atoms with Crippen LogP contribution >= 0.6 is 0 Å². The molecule has 0 atom stereocenters. The Balaban J connectivity index is 1.44. The lowest BCUT2D eigenvalue weighted by Gasteiger charge is -2.32. The van der Waals surface area contributed by atoms with E-state index in [0.717, 1.165) is 38.0 Å². The Morgan fingerprint density at radius 1 is 1.08 bits per heavy atom. The highest BCUT2D eigenvalue weighted by molar-refractivity contribution is 5.94. The molecule has 26 heavy (non-hydrogen) atoms. The number of aryl methyl sites for hydroxylation is 2. The van der Waals surface area contributed by atoms with Crippen molar-refractivity contribution in [3.63, 3.8) is 0 Å². The lowest BCUT2D eigenvalue weighted by Crippen LogP contribution is -2.38. The van der Waals surface area contributed by atoms with Crippen LogP contribution in [0.15, 0.2) is 42.5 Å². The van der Waals surface area contributed by atoms with Crippen molar-refractivity contribution in [1.82, 2.24) is 10.2 Å². The van der Waals surface area contributed by atoms with Gasteiger partial charge in [0.2, 0.25) is 0 Å². The molecule has 3 rings (SSSR count). The van der Waals surface area contributed by atoms with Crippen LogP contribution in [0.4, 0.5) is 4.39 Å². The van der Waals surface area contributed by atoms with Gasteiger partial charge in [0.1, 0.15) is 5.82 Å². The van der Waals surface area contributed by atoms with Crippen molar-refractivity contribution >= 4 is 5.91 Å². The first-order valence-electron chi connectivity index (χ1n) is 9.33. The van der Waals surface area contributed by atoms with Crippen LogP contribution in [-0.4, -0.2) is 30.4 Å². The van der Waals surface area contributed by atoms with Gasteiger partial charge < -0.3 is 5.32 Å². The third-order valence-corrected chi connectivity index (χ3v) is 5.15. The summed E-state index contributed by atoms with van der Waals surface area (Å²) in [4.78, 5) is 14.7. The summed E-state index contributed by atoms with van der Waals surface area (Å²) in [6.45, 7) is 7.63. The Morgan fingerprint density at radius 2 is 1.73 bits per heavy atom. The molecule has 0 unspecified atom stereocenters. The average molecular weight is 354 g/mol. The minimum atomic E-state index is -0.457. The Bertz CT molecular complexity index is 749. The third kappa shape index (κ3) is 4.92. The fourth-order valence-electron chi connectivity index (χ4n) is 3.45. The van der Waals surface area contributed by atoms with E-state index < -0.39 is 5.82 Å². The van der Waals surface area contributed by atoms with Crippen LogP contribution in [0.1, 0.15) is 39.9 Å². The number of nitrogens with zero attached hydrogens (tertiary/aromatic N) is 1. The molecule has 1 amide bonds. The maximum Gasteiger partial charge on any atom is 0.254 e. The zero-order valence-electron chi connectivity index (χ0n) is 15.6. The van der Waals surface area contributed by atoms with E-state index in [0.29, 0.717) is 12.5 Å². The summed E-state index contributed by atoms with van der Waals surface area (Å²) in [6.07, 6.45) is 2.12. The number of rotatable bonds is 5. The molecule has 1 saturated heterocycles. The molecule has 3 nitrogen and oxygen atoms in total. The quantitative estimate of drug-likeness (QED) is 0.877. The highest BCUT2D eigenvalue weighted by atomic mass is 19.1. The largest absolute Gasteiger partial charge is 0.352 e. The molecule has 1 N–H and O–H groups in total. The first-order chi connectivity index (χ1) is 12.5. The molecule has 1 aliphatic rings. The number of hydrogen-bond acceptors (Lipinski definition) is 2. The zero-order valence-corrected chi connectivity index (χ0v) is 15.6. The molecule has 1 fully saturated rings. The smallest absolute Gasteiger partial charge is 0.254 e. The van der Waals surface area contributed by atoms with Gasteiger partial charge in [0.25, 0.3) is 5.91 Å². The van der Waals surface area contributed by atoms with Crippen molar-refractivity contribution in [3.8, 4) is 0 Å². The van der Waals surface area contributed by atoms with E-state index >= 15 is 0 Å². The highest BCUT2D eigenvalue weighted by Crippen LogP contribution is 2.19. The molecule has 1 heterocycles. The van der Waals surface area contributed by atoms with Crippen LogP contribution in [0.2, 0.25) is 0 Å². The van der Waals surface area contributed by atoms with Crippen LogP contribution in [0.5, 0.6) is 0 Å². The van der Waals surface area contributed by atoms with E-state index in [9.17, 15) is 9.18 Å². The molecule has 0 saturated carbocycles. The second kappa shape index (κ2) is 8.45. The van der Waals surface area contributed by atoms with Gasteiger partial charge in [-0.1, -0.05) is 41.5 Å². The van der Waals surface area contributed by atoms with Crippen molar-refractivity contribution < 1.29 is 9.18 Å². The van der Waals surface area contributed by atoms with Gasteiger partial charge in [-0.2, -0.15) is 0 Å². The molecule has 2 aromatic carbocycles. The van der Waals surface area contributed by atoms with Crippen molar-refractivity contribution in [2.24, 2.45) is 5.92 Å². The average Bonchev–Trinajstić information content (AvgIpc) is 2.65. The molecule has 0 aliphatic carbocycles. The topological polar surface area (TPSA) is 32.3 Å². The van der Waals surface area contributed by atoms with Gasteiger partial charge >= 0.3 is 0 Å². The Hall–Kier alpha value is -2.20. The second-order valence-electron chi connectivity index (χ2n) is 7.40. The van der Waals surface area contributed by atoms with E-state index in [-0.39, 0.29) is 11.5 Å². The first-order valence-corrected chi connectivity index (χ1v) is 9.33. The molecule has 0 radical (unpaired) electrons. The molecular formula is C22H27FN2O. The summed E-state index contributed by atoms with van der Waals surface area (Å²) in [5.74, 6) is -0.310. The minimum Gasteiger partial charge on any atom is -0.352 e. The number of amides is 1. The number of carbonyl (C=O) groups excluding carboxylic acids is 1. The Kier molecular flexibility index (Phi) is 6.04. The molecule has 2 aromatic rings. The summed E-state index contributed by atoms with van der Waals surface area (Å²) < 4.78 is 13.8. The fraction of sp³-hybridized carbons (Fsp3) is 0.409. The zero-order chi connectivity index (χ0) is 18.5. The predicted octanol–water partition coefficient (Wildman–Crippen LogP) is 4.08. The molecule has 0 spiro atoms. The molecular weight excluding hydrogens is 327 g/mol. The monoisotopic (exact) mass is 354 g/mol. The lowest BCUT2D eigenvalue weighted by molar-refractivity contribution is 0.0931. The van der Waals surface area contributed by atoms with E-state index in [1.807, 2.05) is 6.92 Å². The Labute approximate surface area is 155 Å². The highest BCUT2D eigenvalue weighted by Gasteiger charge is 2.20. The maximum absolute atomic E-state index is 13.8. The van der Waals surface area contributed by atoms with Gasteiger partial charge in [-0.25, -0.2) is 4.39 Å². The van der Waals surface area contributed by atoms with Gasteiger partial charge in [0.05, 0.1) is 5.56 Å². The molecule has 1 aliphatic heterocycles. The number of halogens is 1. The summed E-state index contributed by atoms with van der Waals surface area (Å²) in [5.41, 5.74) is 3.66. The SMILES string of the molecule is Cc1ccc(CN2CCC(CNC(=O)c3cc(C)ccc3F)CC2)cc1. The number of carbonyl (C=O) groups is 1. The van der Waals surface area contributed by atoms with Gasteiger partial charge in [-0.15, -0.1) is 0 Å². The van der Waals surface area contributed by atoms with Crippen molar-refractivity contribution in [2.45, 2.75) is 33.2 Å². The summed E-state index contributed by atoms with van der Waals surface area (Å²) >= 11 is 0. The normalized spacial score (nSPS) is 15.8. The lowest BCUT2D eigenvalue weighted by atomic mass is 9.96.